The number of nitrogens with zero attached hydrogens (tertiary/aromatic N) is 1. The molecule has 2 fully saturated rings. The van der Waals surface area contributed by atoms with Crippen molar-refractivity contribution in [1.82, 2.24) is 4.90 Å². The van der Waals surface area contributed by atoms with E-state index < -0.39 is 0 Å². The Balaban J connectivity index is 2.05. The fraction of sp³-hybridized carbons (Fsp3) is 1.00. The molecule has 2 atom stereocenters. The molecule has 0 saturated carbocycles. The first-order valence-electron chi connectivity index (χ1n) is 7.41. The Bertz CT molecular complexity index is 246. The first-order valence-corrected chi connectivity index (χ1v) is 7.41. The number of hydrogen-bond donors (Lipinski definition) is 1. The summed E-state index contributed by atoms with van der Waals surface area (Å²) in [5, 5.41) is 0. The van der Waals surface area contributed by atoms with E-state index in [-0.39, 0.29) is 0 Å². The van der Waals surface area contributed by atoms with Crippen molar-refractivity contribution in [3.05, 3.63) is 0 Å². The molecule has 2 heterocycles. The normalized spacial score (nSPS) is 35.3. The van der Waals surface area contributed by atoms with Crippen molar-refractivity contribution < 1.29 is 0 Å². The van der Waals surface area contributed by atoms with Gasteiger partial charge in [0.2, 0.25) is 0 Å². The zero-order chi connectivity index (χ0) is 12.6. The second-order valence-electron chi connectivity index (χ2n) is 7.29. The van der Waals surface area contributed by atoms with E-state index in [1.807, 2.05) is 0 Å². The number of hydrogen-bond acceptors (Lipinski definition) is 2. The Labute approximate surface area is 107 Å². The van der Waals surface area contributed by atoms with Crippen LogP contribution in [0.3, 0.4) is 0 Å². The Kier molecular flexibility index (Phi) is 3.84. The molecule has 17 heavy (non-hydrogen) atoms. The van der Waals surface area contributed by atoms with E-state index in [9.17, 15) is 0 Å². The van der Waals surface area contributed by atoms with Gasteiger partial charge in [0.05, 0.1) is 0 Å². The average Bonchev–Trinajstić information content (AvgIpc) is 2.18. The van der Waals surface area contributed by atoms with E-state index in [0.29, 0.717) is 11.5 Å². The minimum atomic E-state index is 0.426. The van der Waals surface area contributed by atoms with Gasteiger partial charge in [-0.15, -0.1) is 0 Å². The molecule has 2 nitrogen and oxygen atoms in total. The molecule has 2 bridgehead atoms. The molecule has 0 amide bonds. The van der Waals surface area contributed by atoms with Crippen LogP contribution >= 0.6 is 0 Å². The Morgan fingerprint density at radius 2 is 1.71 bits per heavy atom. The van der Waals surface area contributed by atoms with Crippen LogP contribution in [0.15, 0.2) is 0 Å². The van der Waals surface area contributed by atoms with Gasteiger partial charge in [0.1, 0.15) is 0 Å². The molecule has 100 valence electrons. The van der Waals surface area contributed by atoms with E-state index in [4.69, 9.17) is 5.73 Å². The molecular formula is C15H30N2. The molecule has 2 aliphatic rings. The van der Waals surface area contributed by atoms with Crippen LogP contribution in [0.4, 0.5) is 0 Å². The summed E-state index contributed by atoms with van der Waals surface area (Å²) in [6.07, 6.45) is 6.62. The topological polar surface area (TPSA) is 29.3 Å². The lowest BCUT2D eigenvalue weighted by atomic mass is 9.76. The summed E-state index contributed by atoms with van der Waals surface area (Å²) in [6.45, 7) is 10.8. The van der Waals surface area contributed by atoms with Crippen LogP contribution in [0, 0.1) is 11.3 Å². The monoisotopic (exact) mass is 238 g/mol. The minimum absolute atomic E-state index is 0.426. The zero-order valence-electron chi connectivity index (χ0n) is 12.1. The Morgan fingerprint density at radius 1 is 1.18 bits per heavy atom. The molecular weight excluding hydrogens is 208 g/mol. The van der Waals surface area contributed by atoms with E-state index in [1.54, 1.807) is 0 Å². The second-order valence-corrected chi connectivity index (χ2v) is 7.29. The van der Waals surface area contributed by atoms with Crippen molar-refractivity contribution in [1.29, 1.82) is 0 Å². The van der Waals surface area contributed by atoms with Gasteiger partial charge in [-0.1, -0.05) is 34.1 Å². The molecule has 0 spiro atoms. The van der Waals surface area contributed by atoms with E-state index in [1.165, 1.54) is 38.6 Å². The van der Waals surface area contributed by atoms with E-state index in [0.717, 1.165) is 18.0 Å². The molecule has 0 radical (unpaired) electrons. The van der Waals surface area contributed by atoms with Crippen LogP contribution in [0.5, 0.6) is 0 Å². The third-order valence-electron chi connectivity index (χ3n) is 5.32. The lowest BCUT2D eigenvalue weighted by molar-refractivity contribution is -0.00749. The van der Waals surface area contributed by atoms with Gasteiger partial charge in [0, 0.05) is 24.7 Å². The van der Waals surface area contributed by atoms with Gasteiger partial charge >= 0.3 is 0 Å². The summed E-state index contributed by atoms with van der Waals surface area (Å²) in [6, 6.07) is 2.01. The highest BCUT2D eigenvalue weighted by Gasteiger charge is 2.39. The van der Waals surface area contributed by atoms with Gasteiger partial charge in [-0.3, -0.25) is 4.90 Å². The summed E-state index contributed by atoms with van der Waals surface area (Å²) >= 11 is 0. The minimum Gasteiger partial charge on any atom is -0.328 e. The lowest BCUT2D eigenvalue weighted by Crippen LogP contribution is -2.57. The fourth-order valence-corrected chi connectivity index (χ4v) is 3.43. The third kappa shape index (κ3) is 2.85. The lowest BCUT2D eigenvalue weighted by Gasteiger charge is -2.51. The maximum Gasteiger partial charge on any atom is 0.0113 e. The quantitative estimate of drug-likeness (QED) is 0.819. The molecule has 2 saturated heterocycles. The fourth-order valence-electron chi connectivity index (χ4n) is 3.43. The average molecular weight is 238 g/mol. The molecule has 2 rings (SSSR count). The number of nitrogens with two attached hydrogens (primary N) is 1. The van der Waals surface area contributed by atoms with Crippen LogP contribution in [0.25, 0.3) is 0 Å². The Morgan fingerprint density at radius 3 is 2.18 bits per heavy atom. The van der Waals surface area contributed by atoms with E-state index in [2.05, 4.69) is 32.6 Å². The van der Waals surface area contributed by atoms with Crippen molar-refractivity contribution >= 4 is 0 Å². The van der Waals surface area contributed by atoms with E-state index >= 15 is 0 Å². The molecule has 2 aliphatic heterocycles. The number of rotatable bonds is 3. The van der Waals surface area contributed by atoms with Gasteiger partial charge in [-0.05, 0) is 37.0 Å². The molecule has 0 aromatic carbocycles. The maximum absolute atomic E-state index is 6.18. The van der Waals surface area contributed by atoms with Crippen LogP contribution < -0.4 is 5.73 Å². The van der Waals surface area contributed by atoms with Gasteiger partial charge in [0.25, 0.3) is 0 Å². The maximum atomic E-state index is 6.18. The zero-order valence-corrected chi connectivity index (χ0v) is 12.1. The van der Waals surface area contributed by atoms with Crippen molar-refractivity contribution in [2.45, 2.75) is 77.9 Å². The number of fused-ring (bicyclic) bond motifs is 2. The van der Waals surface area contributed by atoms with Crippen molar-refractivity contribution in [3.63, 3.8) is 0 Å². The van der Waals surface area contributed by atoms with Crippen molar-refractivity contribution in [2.75, 3.05) is 6.54 Å². The SMILES string of the molecule is CC(C)C(C)(C)CN1C2CCCC1CC(N)C2. The predicted molar refractivity (Wildman–Crippen MR) is 74.0 cm³/mol. The van der Waals surface area contributed by atoms with Gasteiger partial charge in [-0.25, -0.2) is 0 Å². The molecule has 2 unspecified atom stereocenters. The van der Waals surface area contributed by atoms with Crippen molar-refractivity contribution in [2.24, 2.45) is 17.1 Å². The first kappa shape index (κ1) is 13.4. The Hall–Kier alpha value is -0.0800. The van der Waals surface area contributed by atoms with Crippen LogP contribution in [-0.4, -0.2) is 29.6 Å². The second kappa shape index (κ2) is 4.89. The summed E-state index contributed by atoms with van der Waals surface area (Å²) in [5.41, 5.74) is 6.61. The molecule has 2 heteroatoms. The smallest absolute Gasteiger partial charge is 0.0113 e. The third-order valence-corrected chi connectivity index (χ3v) is 5.32. The van der Waals surface area contributed by atoms with Crippen LogP contribution in [-0.2, 0) is 0 Å². The molecule has 2 N–H and O–H groups in total. The van der Waals surface area contributed by atoms with Crippen LogP contribution in [0.1, 0.15) is 59.8 Å². The first-order chi connectivity index (χ1) is 7.90. The molecule has 0 aromatic heterocycles. The highest BCUT2D eigenvalue weighted by molar-refractivity contribution is 4.96. The standard InChI is InChI=1S/C15H30N2/c1-11(2)15(3,4)10-17-13-6-5-7-14(17)9-12(16)8-13/h11-14H,5-10,16H2,1-4H3. The largest absolute Gasteiger partial charge is 0.328 e. The summed E-state index contributed by atoms with van der Waals surface area (Å²) in [7, 11) is 0. The van der Waals surface area contributed by atoms with Crippen LogP contribution in [0.2, 0.25) is 0 Å². The van der Waals surface area contributed by atoms with Crippen molar-refractivity contribution in [3.8, 4) is 0 Å². The summed E-state index contributed by atoms with van der Waals surface area (Å²) in [5.74, 6) is 0.749. The number of piperidine rings is 2. The summed E-state index contributed by atoms with van der Waals surface area (Å²) in [4.78, 5) is 2.80. The summed E-state index contributed by atoms with van der Waals surface area (Å²) < 4.78 is 0. The van der Waals surface area contributed by atoms with Gasteiger partial charge in [-0.2, -0.15) is 0 Å². The highest BCUT2D eigenvalue weighted by atomic mass is 15.2. The molecule has 0 aliphatic carbocycles. The predicted octanol–water partition coefficient (Wildman–Crippen LogP) is 3.01. The highest BCUT2D eigenvalue weighted by Crippen LogP contribution is 2.37. The molecule has 0 aromatic rings. The van der Waals surface area contributed by atoms with Gasteiger partial charge < -0.3 is 5.73 Å². The van der Waals surface area contributed by atoms with Gasteiger partial charge in [0.15, 0.2) is 0 Å².